The van der Waals surface area contributed by atoms with Crippen LogP contribution in [0.25, 0.3) is 0 Å². The summed E-state index contributed by atoms with van der Waals surface area (Å²) < 4.78 is 33.3. The summed E-state index contributed by atoms with van der Waals surface area (Å²) in [6, 6.07) is 0.223. The molecule has 0 amide bonds. The molecular formula is C10H22ClN3O3S. The van der Waals surface area contributed by atoms with Crippen molar-refractivity contribution in [3.63, 3.8) is 0 Å². The van der Waals surface area contributed by atoms with Crippen LogP contribution in [0.2, 0.25) is 0 Å². The molecule has 1 N–H and O–H groups in total. The number of rotatable bonds is 2. The van der Waals surface area contributed by atoms with Gasteiger partial charge in [0.15, 0.2) is 0 Å². The molecule has 2 aliphatic rings. The van der Waals surface area contributed by atoms with E-state index in [0.717, 1.165) is 0 Å². The van der Waals surface area contributed by atoms with Crippen LogP contribution in [0.3, 0.4) is 0 Å². The Hall–Kier alpha value is 0.0800. The van der Waals surface area contributed by atoms with Gasteiger partial charge in [-0.25, -0.2) is 0 Å². The summed E-state index contributed by atoms with van der Waals surface area (Å²) >= 11 is 0. The summed E-state index contributed by atoms with van der Waals surface area (Å²) in [6.07, 6.45) is 0. The first-order chi connectivity index (χ1) is 8.01. The van der Waals surface area contributed by atoms with E-state index in [4.69, 9.17) is 4.74 Å². The maximum atomic E-state index is 12.5. The van der Waals surface area contributed by atoms with Crippen LogP contribution < -0.4 is 5.32 Å². The van der Waals surface area contributed by atoms with Gasteiger partial charge in [-0.1, -0.05) is 0 Å². The fourth-order valence-corrected chi connectivity index (χ4v) is 4.08. The molecule has 2 rings (SSSR count). The summed E-state index contributed by atoms with van der Waals surface area (Å²) in [5.74, 6) is 0. The van der Waals surface area contributed by atoms with Gasteiger partial charge < -0.3 is 10.1 Å². The Kier molecular flexibility index (Phi) is 5.82. The predicted molar refractivity (Wildman–Crippen MR) is 72.2 cm³/mol. The van der Waals surface area contributed by atoms with Gasteiger partial charge in [0.1, 0.15) is 0 Å². The van der Waals surface area contributed by atoms with Crippen LogP contribution in [0.1, 0.15) is 13.8 Å². The van der Waals surface area contributed by atoms with Crippen molar-refractivity contribution in [2.24, 2.45) is 0 Å². The number of nitrogens with zero attached hydrogens (tertiary/aromatic N) is 2. The number of hydrogen-bond acceptors (Lipinski definition) is 4. The topological polar surface area (TPSA) is 61.9 Å². The Morgan fingerprint density at radius 2 is 1.83 bits per heavy atom. The predicted octanol–water partition coefficient (Wildman–Crippen LogP) is -0.333. The third-order valence-electron chi connectivity index (χ3n) is 3.30. The molecule has 2 atom stereocenters. The summed E-state index contributed by atoms with van der Waals surface area (Å²) in [4.78, 5) is 0. The molecule has 2 unspecified atom stereocenters. The second-order valence-electron chi connectivity index (χ2n) is 4.75. The van der Waals surface area contributed by atoms with E-state index in [9.17, 15) is 8.42 Å². The maximum Gasteiger partial charge on any atom is 0.282 e. The van der Waals surface area contributed by atoms with E-state index in [-0.39, 0.29) is 24.5 Å². The number of nitrogens with one attached hydrogen (secondary N) is 1. The zero-order valence-electron chi connectivity index (χ0n) is 10.8. The zero-order valence-corrected chi connectivity index (χ0v) is 12.5. The van der Waals surface area contributed by atoms with Gasteiger partial charge in [0.2, 0.25) is 0 Å². The van der Waals surface area contributed by atoms with E-state index >= 15 is 0 Å². The monoisotopic (exact) mass is 299 g/mol. The highest BCUT2D eigenvalue weighted by Crippen LogP contribution is 2.17. The number of ether oxygens (including phenoxy) is 1. The summed E-state index contributed by atoms with van der Waals surface area (Å²) in [7, 11) is -3.32. The maximum absolute atomic E-state index is 12.5. The Labute approximate surface area is 115 Å². The van der Waals surface area contributed by atoms with Crippen molar-refractivity contribution in [3.8, 4) is 0 Å². The molecule has 2 saturated heterocycles. The average molecular weight is 300 g/mol. The van der Waals surface area contributed by atoms with Gasteiger partial charge in [-0.2, -0.15) is 17.0 Å². The van der Waals surface area contributed by atoms with Gasteiger partial charge in [0, 0.05) is 38.3 Å². The molecule has 0 saturated carbocycles. The molecule has 108 valence electrons. The fourth-order valence-electron chi connectivity index (χ4n) is 2.24. The lowest BCUT2D eigenvalue weighted by Gasteiger charge is -2.40. The lowest BCUT2D eigenvalue weighted by atomic mass is 10.2. The molecule has 6 nitrogen and oxygen atoms in total. The molecule has 0 aliphatic carbocycles. The second kappa shape index (κ2) is 6.49. The summed E-state index contributed by atoms with van der Waals surface area (Å²) in [5, 5.41) is 3.29. The summed E-state index contributed by atoms with van der Waals surface area (Å²) in [6.45, 7) is 7.13. The van der Waals surface area contributed by atoms with Gasteiger partial charge in [0.25, 0.3) is 10.2 Å². The van der Waals surface area contributed by atoms with Gasteiger partial charge in [-0.05, 0) is 13.8 Å². The molecule has 2 aliphatic heterocycles. The third-order valence-corrected chi connectivity index (χ3v) is 5.42. The first-order valence-electron chi connectivity index (χ1n) is 6.10. The molecule has 0 aromatic rings. The molecule has 0 aromatic heterocycles. The van der Waals surface area contributed by atoms with Gasteiger partial charge in [-0.3, -0.25) is 0 Å². The SMILES string of the molecule is CC1CN(S(=O)(=O)N2CCOCC2)C(C)CN1.Cl. The fraction of sp³-hybridized carbons (Fsp3) is 1.00. The smallest absolute Gasteiger partial charge is 0.282 e. The highest BCUT2D eigenvalue weighted by Gasteiger charge is 2.36. The molecule has 0 radical (unpaired) electrons. The molecule has 2 fully saturated rings. The van der Waals surface area contributed by atoms with E-state index in [0.29, 0.717) is 39.4 Å². The molecule has 0 bridgehead atoms. The molecule has 0 spiro atoms. The molecule has 8 heteroatoms. The minimum atomic E-state index is -3.32. The van der Waals surface area contributed by atoms with Crippen LogP contribution in [-0.4, -0.2) is 68.5 Å². The van der Waals surface area contributed by atoms with Crippen molar-refractivity contribution in [1.29, 1.82) is 0 Å². The van der Waals surface area contributed by atoms with Crippen molar-refractivity contribution < 1.29 is 13.2 Å². The quantitative estimate of drug-likeness (QED) is 0.758. The van der Waals surface area contributed by atoms with Gasteiger partial charge in [0.05, 0.1) is 13.2 Å². The largest absolute Gasteiger partial charge is 0.379 e. The van der Waals surface area contributed by atoms with Crippen molar-refractivity contribution in [2.45, 2.75) is 25.9 Å². The average Bonchev–Trinajstić information content (AvgIpc) is 2.33. The Morgan fingerprint density at radius 3 is 2.44 bits per heavy atom. The van der Waals surface area contributed by atoms with Crippen molar-refractivity contribution in [2.75, 3.05) is 39.4 Å². The number of halogens is 1. The van der Waals surface area contributed by atoms with Crippen LogP contribution >= 0.6 is 12.4 Å². The first-order valence-corrected chi connectivity index (χ1v) is 7.49. The summed E-state index contributed by atoms with van der Waals surface area (Å²) in [5.41, 5.74) is 0. The van der Waals surface area contributed by atoms with E-state index in [1.165, 1.54) is 4.31 Å². The molecular weight excluding hydrogens is 278 g/mol. The van der Waals surface area contributed by atoms with E-state index in [1.54, 1.807) is 4.31 Å². The van der Waals surface area contributed by atoms with E-state index in [2.05, 4.69) is 5.32 Å². The standard InChI is InChI=1S/C10H21N3O3S.ClH/c1-9-8-13(10(2)7-11-9)17(14,15)12-3-5-16-6-4-12;/h9-11H,3-8H2,1-2H3;1H. The highest BCUT2D eigenvalue weighted by atomic mass is 35.5. The van der Waals surface area contributed by atoms with Crippen molar-refractivity contribution in [1.82, 2.24) is 13.9 Å². The van der Waals surface area contributed by atoms with Crippen LogP contribution in [0.5, 0.6) is 0 Å². The van der Waals surface area contributed by atoms with E-state index in [1.807, 2.05) is 13.8 Å². The van der Waals surface area contributed by atoms with E-state index < -0.39 is 10.2 Å². The Balaban J connectivity index is 0.00000162. The first kappa shape index (κ1) is 16.1. The number of morpholine rings is 1. The Bertz CT molecular complexity index is 359. The minimum Gasteiger partial charge on any atom is -0.379 e. The highest BCUT2D eigenvalue weighted by molar-refractivity contribution is 7.86. The van der Waals surface area contributed by atoms with Crippen LogP contribution in [0.15, 0.2) is 0 Å². The van der Waals surface area contributed by atoms with Gasteiger partial charge >= 0.3 is 0 Å². The van der Waals surface area contributed by atoms with Gasteiger partial charge in [-0.15, -0.1) is 12.4 Å². The van der Waals surface area contributed by atoms with Crippen LogP contribution in [0, 0.1) is 0 Å². The van der Waals surface area contributed by atoms with Crippen LogP contribution in [-0.2, 0) is 14.9 Å². The lowest BCUT2D eigenvalue weighted by molar-refractivity contribution is 0.0682. The minimum absolute atomic E-state index is 0. The molecule has 2 heterocycles. The molecule has 18 heavy (non-hydrogen) atoms. The van der Waals surface area contributed by atoms with Crippen molar-refractivity contribution >= 4 is 22.6 Å². The zero-order chi connectivity index (χ0) is 12.5. The third kappa shape index (κ3) is 3.34. The number of hydrogen-bond donors (Lipinski definition) is 1. The Morgan fingerprint density at radius 1 is 1.22 bits per heavy atom. The molecule has 0 aromatic carbocycles. The van der Waals surface area contributed by atoms with Crippen molar-refractivity contribution in [3.05, 3.63) is 0 Å². The normalized spacial score (nSPS) is 31.9. The van der Waals surface area contributed by atoms with Crippen LogP contribution in [0.4, 0.5) is 0 Å². The second-order valence-corrected chi connectivity index (χ2v) is 6.63. The number of piperazine rings is 1. The lowest BCUT2D eigenvalue weighted by Crippen LogP contribution is -2.60.